The second-order valence-corrected chi connectivity index (χ2v) is 7.94. The number of amides is 1. The summed E-state index contributed by atoms with van der Waals surface area (Å²) in [5.74, 6) is 1.02. The van der Waals surface area contributed by atoms with Crippen LogP contribution < -0.4 is 5.32 Å². The van der Waals surface area contributed by atoms with Gasteiger partial charge in [0.25, 0.3) is 0 Å². The third-order valence-corrected chi connectivity index (χ3v) is 5.82. The van der Waals surface area contributed by atoms with Crippen LogP contribution in [0, 0.1) is 12.8 Å². The van der Waals surface area contributed by atoms with Crippen molar-refractivity contribution < 1.29 is 9.53 Å². The van der Waals surface area contributed by atoms with Crippen LogP contribution in [0.4, 0.5) is 0 Å². The van der Waals surface area contributed by atoms with Crippen LogP contribution in [0.2, 0.25) is 0 Å². The Morgan fingerprint density at radius 3 is 2.59 bits per heavy atom. The van der Waals surface area contributed by atoms with E-state index in [1.807, 2.05) is 0 Å². The second-order valence-electron chi connectivity index (χ2n) is 7.94. The van der Waals surface area contributed by atoms with Crippen molar-refractivity contribution in [1.29, 1.82) is 0 Å². The fraction of sp³-hybridized carbons (Fsp3) is 0.682. The Kier molecular flexibility index (Phi) is 9.60. The van der Waals surface area contributed by atoms with E-state index in [-0.39, 0.29) is 18.5 Å². The standard InChI is InChI=1S/C22H34N2O2.ClH/c1-18-4-6-19(7-5-18)12-15-24(17-21-3-2-16-26-21)22(25)9-8-20-10-13-23-14-11-20;/h4-7,20-21,23H,2-3,8-17H2,1H3;1H. The van der Waals surface area contributed by atoms with Gasteiger partial charge < -0.3 is 15.0 Å². The number of halogens is 1. The monoisotopic (exact) mass is 394 g/mol. The number of ether oxygens (including phenoxy) is 1. The van der Waals surface area contributed by atoms with Crippen LogP contribution in [-0.4, -0.2) is 49.7 Å². The molecule has 4 nitrogen and oxygen atoms in total. The van der Waals surface area contributed by atoms with Gasteiger partial charge in [-0.2, -0.15) is 0 Å². The lowest BCUT2D eigenvalue weighted by Crippen LogP contribution is -2.39. The molecule has 1 aromatic carbocycles. The van der Waals surface area contributed by atoms with Crippen molar-refractivity contribution in [3.63, 3.8) is 0 Å². The van der Waals surface area contributed by atoms with Gasteiger partial charge in [0.2, 0.25) is 5.91 Å². The SMILES string of the molecule is Cc1ccc(CCN(CC2CCCO2)C(=O)CCC2CCNCC2)cc1.Cl. The zero-order valence-corrected chi connectivity index (χ0v) is 17.4. The first-order chi connectivity index (χ1) is 12.7. The molecule has 2 fully saturated rings. The third-order valence-electron chi connectivity index (χ3n) is 5.82. The van der Waals surface area contributed by atoms with E-state index in [9.17, 15) is 4.79 Å². The summed E-state index contributed by atoms with van der Waals surface area (Å²) in [7, 11) is 0. The number of benzene rings is 1. The second kappa shape index (κ2) is 11.7. The minimum absolute atomic E-state index is 0. The molecule has 2 heterocycles. The lowest BCUT2D eigenvalue weighted by Gasteiger charge is -2.27. The summed E-state index contributed by atoms with van der Waals surface area (Å²) in [5, 5.41) is 3.40. The van der Waals surface area contributed by atoms with Gasteiger partial charge in [-0.05, 0) is 70.0 Å². The third kappa shape index (κ3) is 7.44. The Hall–Kier alpha value is -1.10. The van der Waals surface area contributed by atoms with Gasteiger partial charge in [0.1, 0.15) is 0 Å². The summed E-state index contributed by atoms with van der Waals surface area (Å²) >= 11 is 0. The summed E-state index contributed by atoms with van der Waals surface area (Å²) in [6, 6.07) is 8.66. The highest BCUT2D eigenvalue weighted by Crippen LogP contribution is 2.20. The number of nitrogens with one attached hydrogen (secondary N) is 1. The molecule has 0 aromatic heterocycles. The molecule has 152 valence electrons. The van der Waals surface area contributed by atoms with Crippen molar-refractivity contribution in [2.24, 2.45) is 5.92 Å². The molecule has 1 N–H and O–H groups in total. The van der Waals surface area contributed by atoms with E-state index in [2.05, 4.69) is 41.4 Å². The number of hydrogen-bond acceptors (Lipinski definition) is 3. The van der Waals surface area contributed by atoms with Crippen LogP contribution in [0.25, 0.3) is 0 Å². The van der Waals surface area contributed by atoms with E-state index >= 15 is 0 Å². The van der Waals surface area contributed by atoms with Gasteiger partial charge in [0.15, 0.2) is 0 Å². The maximum Gasteiger partial charge on any atom is 0.222 e. The Balaban J connectivity index is 0.00000261. The minimum Gasteiger partial charge on any atom is -0.376 e. The van der Waals surface area contributed by atoms with E-state index in [0.29, 0.717) is 18.2 Å². The van der Waals surface area contributed by atoms with Crippen molar-refractivity contribution in [2.75, 3.05) is 32.8 Å². The van der Waals surface area contributed by atoms with E-state index in [4.69, 9.17) is 4.74 Å². The molecule has 1 aromatic rings. The molecule has 2 aliphatic heterocycles. The van der Waals surface area contributed by atoms with Crippen molar-refractivity contribution in [3.05, 3.63) is 35.4 Å². The van der Waals surface area contributed by atoms with Gasteiger partial charge >= 0.3 is 0 Å². The van der Waals surface area contributed by atoms with Gasteiger partial charge in [-0.3, -0.25) is 4.79 Å². The van der Waals surface area contributed by atoms with Crippen molar-refractivity contribution >= 4 is 18.3 Å². The molecule has 3 rings (SSSR count). The summed E-state index contributed by atoms with van der Waals surface area (Å²) in [6.07, 6.45) is 7.51. The molecule has 1 atom stereocenters. The highest BCUT2D eigenvalue weighted by molar-refractivity contribution is 5.85. The zero-order chi connectivity index (χ0) is 18.2. The highest BCUT2D eigenvalue weighted by atomic mass is 35.5. The quantitative estimate of drug-likeness (QED) is 0.730. The number of carbonyl (C=O) groups is 1. The number of hydrogen-bond donors (Lipinski definition) is 1. The maximum atomic E-state index is 12.9. The molecule has 0 saturated carbocycles. The molecular formula is C22H35ClN2O2. The molecule has 2 aliphatic rings. The molecule has 1 amide bonds. The average Bonchev–Trinajstić information content (AvgIpc) is 3.18. The smallest absolute Gasteiger partial charge is 0.222 e. The van der Waals surface area contributed by atoms with Crippen molar-refractivity contribution in [2.45, 2.75) is 58.0 Å². The fourth-order valence-electron chi connectivity index (χ4n) is 4.03. The largest absolute Gasteiger partial charge is 0.376 e. The Bertz CT molecular complexity index is 552. The lowest BCUT2D eigenvalue weighted by molar-refractivity contribution is -0.133. The van der Waals surface area contributed by atoms with Crippen molar-refractivity contribution in [1.82, 2.24) is 10.2 Å². The first-order valence-corrected chi connectivity index (χ1v) is 10.4. The molecule has 0 spiro atoms. The predicted molar refractivity (Wildman–Crippen MR) is 113 cm³/mol. The number of aryl methyl sites for hydroxylation is 1. The summed E-state index contributed by atoms with van der Waals surface area (Å²) in [5.41, 5.74) is 2.59. The molecule has 2 saturated heterocycles. The summed E-state index contributed by atoms with van der Waals surface area (Å²) < 4.78 is 5.79. The maximum absolute atomic E-state index is 12.9. The van der Waals surface area contributed by atoms with E-state index in [0.717, 1.165) is 58.5 Å². The molecule has 0 aliphatic carbocycles. The lowest BCUT2D eigenvalue weighted by atomic mass is 9.93. The van der Waals surface area contributed by atoms with Gasteiger partial charge in [-0.1, -0.05) is 29.8 Å². The number of rotatable bonds is 8. The highest BCUT2D eigenvalue weighted by Gasteiger charge is 2.23. The van der Waals surface area contributed by atoms with Gasteiger partial charge in [0.05, 0.1) is 6.10 Å². The topological polar surface area (TPSA) is 41.6 Å². The first kappa shape index (κ1) is 22.2. The van der Waals surface area contributed by atoms with E-state index in [1.54, 1.807) is 0 Å². The van der Waals surface area contributed by atoms with Crippen LogP contribution in [0.15, 0.2) is 24.3 Å². The first-order valence-electron chi connectivity index (χ1n) is 10.4. The summed E-state index contributed by atoms with van der Waals surface area (Å²) in [4.78, 5) is 15.0. The van der Waals surface area contributed by atoms with Crippen LogP contribution in [0.5, 0.6) is 0 Å². The number of piperidine rings is 1. The van der Waals surface area contributed by atoms with E-state index in [1.165, 1.54) is 24.0 Å². The zero-order valence-electron chi connectivity index (χ0n) is 16.6. The van der Waals surface area contributed by atoms with Crippen LogP contribution >= 0.6 is 12.4 Å². The van der Waals surface area contributed by atoms with Crippen LogP contribution in [-0.2, 0) is 16.0 Å². The van der Waals surface area contributed by atoms with Gasteiger partial charge in [-0.25, -0.2) is 0 Å². The normalized spacial score (nSPS) is 20.3. The van der Waals surface area contributed by atoms with Gasteiger partial charge in [0, 0.05) is 26.1 Å². The van der Waals surface area contributed by atoms with Crippen molar-refractivity contribution in [3.8, 4) is 0 Å². The van der Waals surface area contributed by atoms with Crippen LogP contribution in [0.3, 0.4) is 0 Å². The Morgan fingerprint density at radius 1 is 1.19 bits per heavy atom. The predicted octanol–water partition coefficient (Wildman–Crippen LogP) is 3.75. The van der Waals surface area contributed by atoms with Gasteiger partial charge in [-0.15, -0.1) is 12.4 Å². The number of carbonyl (C=O) groups excluding carboxylic acids is 1. The molecule has 5 heteroatoms. The Morgan fingerprint density at radius 2 is 1.93 bits per heavy atom. The average molecular weight is 395 g/mol. The fourth-order valence-corrected chi connectivity index (χ4v) is 4.03. The van der Waals surface area contributed by atoms with E-state index < -0.39 is 0 Å². The van der Waals surface area contributed by atoms with Crippen LogP contribution in [0.1, 0.15) is 49.7 Å². The summed E-state index contributed by atoms with van der Waals surface area (Å²) in [6.45, 7) is 6.72. The minimum atomic E-state index is 0. The molecule has 0 radical (unpaired) electrons. The number of nitrogens with zero attached hydrogens (tertiary/aromatic N) is 1. The molecule has 1 unspecified atom stereocenters. The Labute approximate surface area is 170 Å². The molecule has 0 bridgehead atoms. The molecular weight excluding hydrogens is 360 g/mol. The molecule has 27 heavy (non-hydrogen) atoms.